The van der Waals surface area contributed by atoms with Crippen LogP contribution in [0.3, 0.4) is 0 Å². The summed E-state index contributed by atoms with van der Waals surface area (Å²) in [6.07, 6.45) is 0. The number of esters is 1. The van der Waals surface area contributed by atoms with E-state index in [0.29, 0.717) is 6.61 Å². The van der Waals surface area contributed by atoms with Gasteiger partial charge in [0.2, 0.25) is 12.2 Å². The molecular weight excluding hydrogens is 346 g/mol. The molecule has 3 rings (SSSR count). The van der Waals surface area contributed by atoms with E-state index < -0.39 is 0 Å². The van der Waals surface area contributed by atoms with Crippen LogP contribution < -0.4 is 4.57 Å². The largest absolute Gasteiger partial charge is 0.461 e. The molecule has 3 heteroatoms. The molecule has 2 aromatic carbocycles. The molecule has 0 atom stereocenters. The van der Waals surface area contributed by atoms with E-state index in [1.807, 2.05) is 43.3 Å². The summed E-state index contributed by atoms with van der Waals surface area (Å²) in [6.45, 7) is 8.94. The molecule has 0 aliphatic carbocycles. The van der Waals surface area contributed by atoms with Gasteiger partial charge in [-0.3, -0.25) is 0 Å². The first-order valence-corrected chi connectivity index (χ1v) is 9.75. The molecule has 0 radical (unpaired) electrons. The smallest absolute Gasteiger partial charge is 0.372 e. The van der Waals surface area contributed by atoms with Crippen LogP contribution in [0, 0.1) is 0 Å². The lowest BCUT2D eigenvalue weighted by Crippen LogP contribution is -2.48. The lowest BCUT2D eigenvalue weighted by atomic mass is 9.88. The van der Waals surface area contributed by atoms with Crippen molar-refractivity contribution >= 4 is 5.97 Å². The second-order valence-electron chi connectivity index (χ2n) is 7.89. The molecule has 1 aromatic heterocycles. The quantitative estimate of drug-likeness (QED) is 0.456. The zero-order chi connectivity index (χ0) is 20.1. The molecule has 0 aliphatic rings. The lowest BCUT2D eigenvalue weighted by Gasteiger charge is -2.20. The van der Waals surface area contributed by atoms with E-state index in [0.717, 1.165) is 28.1 Å². The van der Waals surface area contributed by atoms with Crippen LogP contribution in [-0.2, 0) is 21.5 Å². The van der Waals surface area contributed by atoms with Crippen LogP contribution in [0.2, 0.25) is 0 Å². The maximum atomic E-state index is 12.4. The zero-order valence-corrected chi connectivity index (χ0v) is 17.1. The number of pyridine rings is 1. The van der Waals surface area contributed by atoms with Crippen molar-refractivity contribution in [2.75, 3.05) is 6.61 Å². The Hall–Kier alpha value is -2.94. The molecule has 0 spiro atoms. The molecular formula is C25H28NO2+. The van der Waals surface area contributed by atoms with Gasteiger partial charge in [-0.25, -0.2) is 4.79 Å². The molecule has 0 fully saturated rings. The molecule has 3 nitrogen and oxygen atoms in total. The van der Waals surface area contributed by atoms with Gasteiger partial charge in [-0.2, -0.15) is 4.57 Å². The van der Waals surface area contributed by atoms with Crippen LogP contribution in [0.5, 0.6) is 0 Å². The number of hydrogen-bond donors (Lipinski definition) is 0. The normalized spacial score (nSPS) is 11.3. The third kappa shape index (κ3) is 4.48. The van der Waals surface area contributed by atoms with Gasteiger partial charge in [-0.1, -0.05) is 69.3 Å². The average Bonchev–Trinajstić information content (AvgIpc) is 2.68. The van der Waals surface area contributed by atoms with Crippen molar-refractivity contribution in [3.63, 3.8) is 0 Å². The highest BCUT2D eigenvalue weighted by molar-refractivity contribution is 5.71. The monoisotopic (exact) mass is 374 g/mol. The number of ether oxygens (including phenoxy) is 1. The minimum atomic E-state index is -0.220. The Morgan fingerprint density at radius 2 is 1.43 bits per heavy atom. The van der Waals surface area contributed by atoms with E-state index in [4.69, 9.17) is 4.74 Å². The number of nitrogens with zero attached hydrogens (tertiary/aromatic N) is 1. The number of hydrogen-bond acceptors (Lipinski definition) is 2. The number of aromatic nitrogens is 1. The number of carbonyl (C=O) groups is 1. The molecule has 0 saturated carbocycles. The van der Waals surface area contributed by atoms with Gasteiger partial charge in [0, 0.05) is 23.1 Å². The molecule has 1 heterocycles. The Morgan fingerprint density at radius 3 is 1.96 bits per heavy atom. The molecule has 144 valence electrons. The van der Waals surface area contributed by atoms with E-state index in [9.17, 15) is 4.79 Å². The van der Waals surface area contributed by atoms with Crippen molar-refractivity contribution in [3.8, 4) is 22.4 Å². The van der Waals surface area contributed by atoms with Crippen molar-refractivity contribution in [1.82, 2.24) is 0 Å². The topological polar surface area (TPSA) is 30.2 Å². The molecule has 3 aromatic rings. The first-order chi connectivity index (χ1) is 13.4. The fourth-order valence-electron chi connectivity index (χ4n) is 3.39. The van der Waals surface area contributed by atoms with Crippen molar-refractivity contribution < 1.29 is 14.1 Å². The predicted octanol–water partition coefficient (Wildman–Crippen LogP) is 5.17. The Morgan fingerprint density at radius 1 is 0.857 bits per heavy atom. The summed E-state index contributed by atoms with van der Waals surface area (Å²) in [5.41, 5.74) is 5.36. The lowest BCUT2D eigenvalue weighted by molar-refractivity contribution is -0.685. The fraction of sp³-hybridized carbons (Fsp3) is 0.280. The minimum absolute atomic E-state index is 0.138. The first kappa shape index (κ1) is 19.8. The fourth-order valence-corrected chi connectivity index (χ4v) is 3.39. The van der Waals surface area contributed by atoms with Crippen LogP contribution in [0.1, 0.15) is 33.4 Å². The van der Waals surface area contributed by atoms with Gasteiger partial charge in [-0.15, -0.1) is 0 Å². The maximum Gasteiger partial charge on any atom is 0.372 e. The SMILES string of the molecule is CCOC(=O)C[n+]1c(-c2ccccc2)cc(-c2ccccc2)cc1C(C)(C)C. The number of carbonyl (C=O) groups excluding carboxylic acids is 1. The van der Waals surface area contributed by atoms with E-state index >= 15 is 0 Å². The van der Waals surface area contributed by atoms with Gasteiger partial charge in [0.15, 0.2) is 5.69 Å². The molecule has 0 N–H and O–H groups in total. The number of benzene rings is 2. The first-order valence-electron chi connectivity index (χ1n) is 9.75. The highest BCUT2D eigenvalue weighted by Gasteiger charge is 2.31. The van der Waals surface area contributed by atoms with Crippen molar-refractivity contribution in [2.45, 2.75) is 39.7 Å². The molecule has 0 bridgehead atoms. The molecule has 0 saturated heterocycles. The highest BCUT2D eigenvalue weighted by atomic mass is 16.5. The highest BCUT2D eigenvalue weighted by Crippen LogP contribution is 2.29. The maximum absolute atomic E-state index is 12.4. The summed E-state index contributed by atoms with van der Waals surface area (Å²) < 4.78 is 7.36. The van der Waals surface area contributed by atoms with E-state index in [-0.39, 0.29) is 17.9 Å². The van der Waals surface area contributed by atoms with Gasteiger partial charge in [0.25, 0.3) is 0 Å². The molecule has 0 aliphatic heterocycles. The van der Waals surface area contributed by atoms with Gasteiger partial charge in [-0.05, 0) is 30.2 Å². The van der Waals surface area contributed by atoms with Crippen LogP contribution in [0.15, 0.2) is 72.8 Å². The van der Waals surface area contributed by atoms with Gasteiger partial charge >= 0.3 is 5.97 Å². The van der Waals surface area contributed by atoms with Crippen LogP contribution in [-0.4, -0.2) is 12.6 Å². The Bertz CT molecular complexity index is 942. The van der Waals surface area contributed by atoms with E-state index in [1.165, 1.54) is 0 Å². The predicted molar refractivity (Wildman–Crippen MR) is 113 cm³/mol. The van der Waals surface area contributed by atoms with Gasteiger partial charge in [0.1, 0.15) is 0 Å². The zero-order valence-electron chi connectivity index (χ0n) is 17.1. The second kappa shape index (κ2) is 8.39. The third-order valence-electron chi connectivity index (χ3n) is 4.70. The van der Waals surface area contributed by atoms with Crippen LogP contribution >= 0.6 is 0 Å². The summed E-state index contributed by atoms with van der Waals surface area (Å²) in [5.74, 6) is -0.220. The summed E-state index contributed by atoms with van der Waals surface area (Å²) in [4.78, 5) is 12.4. The van der Waals surface area contributed by atoms with E-state index in [2.05, 4.69) is 61.7 Å². The molecule has 0 amide bonds. The Labute approximate surface area is 167 Å². The molecule has 0 unspecified atom stereocenters. The van der Waals surface area contributed by atoms with Crippen LogP contribution in [0.25, 0.3) is 22.4 Å². The van der Waals surface area contributed by atoms with Gasteiger partial charge in [0.05, 0.1) is 6.61 Å². The summed E-state index contributed by atoms with van der Waals surface area (Å²) in [5, 5.41) is 0. The summed E-state index contributed by atoms with van der Waals surface area (Å²) >= 11 is 0. The van der Waals surface area contributed by atoms with Crippen molar-refractivity contribution in [2.24, 2.45) is 0 Å². The Balaban J connectivity index is 2.27. The summed E-state index contributed by atoms with van der Waals surface area (Å²) in [7, 11) is 0. The third-order valence-corrected chi connectivity index (χ3v) is 4.70. The molecule has 28 heavy (non-hydrogen) atoms. The van der Waals surface area contributed by atoms with Crippen molar-refractivity contribution in [1.29, 1.82) is 0 Å². The minimum Gasteiger partial charge on any atom is -0.461 e. The average molecular weight is 375 g/mol. The standard InChI is InChI=1S/C25H28NO2/c1-5-28-24(27)18-26-22(20-14-10-7-11-15-20)16-21(17-23(26)25(2,3)4)19-12-8-6-9-13-19/h6-17H,5,18H2,1-4H3/q+1. The number of rotatable bonds is 5. The summed E-state index contributed by atoms with van der Waals surface area (Å²) in [6, 6.07) is 24.9. The van der Waals surface area contributed by atoms with E-state index in [1.54, 1.807) is 0 Å². The van der Waals surface area contributed by atoms with Crippen LogP contribution in [0.4, 0.5) is 0 Å². The van der Waals surface area contributed by atoms with Crippen molar-refractivity contribution in [3.05, 3.63) is 78.5 Å². The Kier molecular flexibility index (Phi) is 5.93. The second-order valence-corrected chi connectivity index (χ2v) is 7.89. The van der Waals surface area contributed by atoms with Gasteiger partial charge < -0.3 is 4.74 Å².